The summed E-state index contributed by atoms with van der Waals surface area (Å²) in [6.07, 6.45) is -4.83. The molecule has 0 saturated carbocycles. The Hall–Kier alpha value is -1.72. The molecule has 1 aliphatic rings. The Balaban J connectivity index is 2.50. The first kappa shape index (κ1) is 12.7. The minimum Gasteiger partial charge on any atom is -0.373 e. The molecule has 7 heteroatoms. The first-order valence-corrected chi connectivity index (χ1v) is 5.30. The average Bonchev–Trinajstić information content (AvgIpc) is 2.31. The van der Waals surface area contributed by atoms with Gasteiger partial charge in [-0.25, -0.2) is 0 Å². The number of fused-ring (bicyclic) bond motifs is 1. The summed E-state index contributed by atoms with van der Waals surface area (Å²) < 4.78 is 43.1. The van der Waals surface area contributed by atoms with Crippen LogP contribution in [-0.2, 0) is 10.9 Å². The summed E-state index contributed by atoms with van der Waals surface area (Å²) in [5.41, 5.74) is 8.71. The molecule has 0 amide bonds. The fourth-order valence-electron chi connectivity index (χ4n) is 1.98. The third kappa shape index (κ3) is 2.27. The van der Waals surface area contributed by atoms with Gasteiger partial charge in [-0.2, -0.15) is 13.2 Å². The van der Waals surface area contributed by atoms with Crippen molar-refractivity contribution in [3.05, 3.63) is 45.3 Å². The second-order valence-corrected chi connectivity index (χ2v) is 4.04. The predicted octanol–water partition coefficient (Wildman–Crippen LogP) is 4.15. The first-order chi connectivity index (χ1) is 8.43. The van der Waals surface area contributed by atoms with E-state index in [2.05, 4.69) is 10.0 Å². The highest BCUT2D eigenvalue weighted by Gasteiger charge is 2.33. The quantitative estimate of drug-likeness (QED) is 0.423. The summed E-state index contributed by atoms with van der Waals surface area (Å²) in [6, 6.07) is 2.84. The number of halogens is 3. The van der Waals surface area contributed by atoms with E-state index in [0.717, 1.165) is 12.1 Å². The standard InChI is InChI=1S/C11H10F3N3O/c1-6-9-4-7(11(12,13)14)2-3-8(9)10(5-18-6)16-17-15/h2-4,6,10H,5H2,1H3. The van der Waals surface area contributed by atoms with Gasteiger partial charge in [0.2, 0.25) is 0 Å². The van der Waals surface area contributed by atoms with Crippen LogP contribution >= 0.6 is 0 Å². The Morgan fingerprint density at radius 2 is 2.11 bits per heavy atom. The fraction of sp³-hybridized carbons (Fsp3) is 0.455. The van der Waals surface area contributed by atoms with Crippen LogP contribution in [-0.4, -0.2) is 6.61 Å². The summed E-state index contributed by atoms with van der Waals surface area (Å²) in [6.45, 7) is 1.86. The molecule has 0 N–H and O–H groups in total. The van der Waals surface area contributed by atoms with Crippen LogP contribution in [0.1, 0.15) is 35.8 Å². The number of nitrogens with zero attached hydrogens (tertiary/aromatic N) is 3. The Labute approximate surface area is 101 Å². The molecule has 0 radical (unpaired) electrons. The van der Waals surface area contributed by atoms with Crippen molar-refractivity contribution in [3.8, 4) is 0 Å². The third-order valence-electron chi connectivity index (χ3n) is 2.91. The zero-order valence-corrected chi connectivity index (χ0v) is 9.48. The first-order valence-electron chi connectivity index (χ1n) is 5.30. The van der Waals surface area contributed by atoms with Gasteiger partial charge in [-0.15, -0.1) is 0 Å². The van der Waals surface area contributed by atoms with Crippen LogP contribution in [0.3, 0.4) is 0 Å². The van der Waals surface area contributed by atoms with E-state index in [0.29, 0.717) is 11.1 Å². The molecule has 96 valence electrons. The largest absolute Gasteiger partial charge is 0.416 e. The van der Waals surface area contributed by atoms with Crippen molar-refractivity contribution in [3.63, 3.8) is 0 Å². The molecule has 18 heavy (non-hydrogen) atoms. The van der Waals surface area contributed by atoms with Gasteiger partial charge in [-0.1, -0.05) is 11.2 Å². The van der Waals surface area contributed by atoms with Crippen molar-refractivity contribution in [2.75, 3.05) is 6.61 Å². The van der Waals surface area contributed by atoms with E-state index in [-0.39, 0.29) is 6.61 Å². The van der Waals surface area contributed by atoms with E-state index in [9.17, 15) is 13.2 Å². The van der Waals surface area contributed by atoms with Crippen LogP contribution < -0.4 is 0 Å². The number of benzene rings is 1. The lowest BCUT2D eigenvalue weighted by Gasteiger charge is -2.28. The predicted molar refractivity (Wildman–Crippen MR) is 57.7 cm³/mol. The van der Waals surface area contributed by atoms with Crippen LogP contribution in [0.25, 0.3) is 10.4 Å². The van der Waals surface area contributed by atoms with E-state index in [1.807, 2.05) is 0 Å². The van der Waals surface area contributed by atoms with E-state index < -0.39 is 23.9 Å². The molecule has 1 aromatic rings. The second kappa shape index (κ2) is 4.51. The minimum atomic E-state index is -4.39. The summed E-state index contributed by atoms with van der Waals surface area (Å²) in [4.78, 5) is 2.68. The highest BCUT2D eigenvalue weighted by molar-refractivity contribution is 5.38. The zero-order valence-electron chi connectivity index (χ0n) is 9.48. The number of alkyl halides is 3. The Morgan fingerprint density at radius 3 is 2.72 bits per heavy atom. The molecule has 4 nitrogen and oxygen atoms in total. The zero-order chi connectivity index (χ0) is 13.3. The molecule has 2 rings (SSSR count). The van der Waals surface area contributed by atoms with Crippen molar-refractivity contribution < 1.29 is 17.9 Å². The second-order valence-electron chi connectivity index (χ2n) is 4.04. The van der Waals surface area contributed by atoms with E-state index in [1.54, 1.807) is 6.92 Å². The maximum atomic E-state index is 12.6. The van der Waals surface area contributed by atoms with Gasteiger partial charge in [-0.05, 0) is 35.7 Å². The molecule has 0 spiro atoms. The van der Waals surface area contributed by atoms with Gasteiger partial charge in [0.05, 0.1) is 24.3 Å². The van der Waals surface area contributed by atoms with Gasteiger partial charge in [0, 0.05) is 4.91 Å². The summed E-state index contributed by atoms with van der Waals surface area (Å²) in [5, 5.41) is 3.53. The SMILES string of the molecule is CC1OCC(N=[N+]=[N-])c2ccc(C(F)(F)F)cc21. The molecule has 0 bridgehead atoms. The third-order valence-corrected chi connectivity index (χ3v) is 2.91. The Morgan fingerprint density at radius 1 is 1.39 bits per heavy atom. The monoisotopic (exact) mass is 257 g/mol. The van der Waals surface area contributed by atoms with Gasteiger partial charge in [-0.3, -0.25) is 0 Å². The van der Waals surface area contributed by atoms with Gasteiger partial charge < -0.3 is 4.74 Å². The van der Waals surface area contributed by atoms with Crippen LogP contribution in [0, 0.1) is 0 Å². The fourth-order valence-corrected chi connectivity index (χ4v) is 1.98. The van der Waals surface area contributed by atoms with Gasteiger partial charge in [0.25, 0.3) is 0 Å². The van der Waals surface area contributed by atoms with Crippen LogP contribution in [0.15, 0.2) is 23.3 Å². The maximum Gasteiger partial charge on any atom is 0.416 e. The number of rotatable bonds is 1. The normalized spacial score (nSPS) is 23.1. The molecule has 1 heterocycles. The molecular formula is C11H10F3N3O. The molecule has 0 saturated heterocycles. The van der Waals surface area contributed by atoms with Gasteiger partial charge >= 0.3 is 6.18 Å². The van der Waals surface area contributed by atoms with Crippen molar-refractivity contribution in [2.24, 2.45) is 5.11 Å². The number of ether oxygens (including phenoxy) is 1. The van der Waals surface area contributed by atoms with Crippen LogP contribution in [0.5, 0.6) is 0 Å². The maximum absolute atomic E-state index is 12.6. The highest BCUT2D eigenvalue weighted by Crippen LogP contribution is 2.38. The Kier molecular flexibility index (Phi) is 3.19. The lowest BCUT2D eigenvalue weighted by atomic mass is 9.93. The van der Waals surface area contributed by atoms with Crippen molar-refractivity contribution >= 4 is 0 Å². The number of hydrogen-bond acceptors (Lipinski definition) is 2. The average molecular weight is 257 g/mol. The highest BCUT2D eigenvalue weighted by atomic mass is 19.4. The van der Waals surface area contributed by atoms with Gasteiger partial charge in [0.15, 0.2) is 0 Å². The number of hydrogen-bond donors (Lipinski definition) is 0. The number of azide groups is 1. The van der Waals surface area contributed by atoms with E-state index in [4.69, 9.17) is 10.3 Å². The van der Waals surface area contributed by atoms with E-state index in [1.165, 1.54) is 6.07 Å². The minimum absolute atomic E-state index is 0.184. The van der Waals surface area contributed by atoms with Crippen LogP contribution in [0.4, 0.5) is 13.2 Å². The molecule has 1 aromatic carbocycles. The van der Waals surface area contributed by atoms with Crippen LogP contribution in [0.2, 0.25) is 0 Å². The van der Waals surface area contributed by atoms with Crippen molar-refractivity contribution in [1.29, 1.82) is 0 Å². The Bertz CT molecular complexity index is 509. The summed E-state index contributed by atoms with van der Waals surface area (Å²) >= 11 is 0. The molecule has 2 unspecified atom stereocenters. The molecule has 0 aromatic heterocycles. The lowest BCUT2D eigenvalue weighted by Crippen LogP contribution is -2.19. The molecular weight excluding hydrogens is 247 g/mol. The molecule has 0 aliphatic carbocycles. The molecule has 1 aliphatic heterocycles. The topological polar surface area (TPSA) is 58.0 Å². The summed E-state index contributed by atoms with van der Waals surface area (Å²) in [7, 11) is 0. The van der Waals surface area contributed by atoms with Gasteiger partial charge in [0.1, 0.15) is 0 Å². The lowest BCUT2D eigenvalue weighted by molar-refractivity contribution is -0.137. The van der Waals surface area contributed by atoms with E-state index >= 15 is 0 Å². The smallest absolute Gasteiger partial charge is 0.373 e. The molecule has 2 atom stereocenters. The molecule has 0 fully saturated rings. The summed E-state index contributed by atoms with van der Waals surface area (Å²) in [5.74, 6) is 0. The van der Waals surface area contributed by atoms with Crippen molar-refractivity contribution in [2.45, 2.75) is 25.2 Å². The van der Waals surface area contributed by atoms with Crippen molar-refractivity contribution in [1.82, 2.24) is 0 Å².